The molecule has 0 radical (unpaired) electrons. The first-order valence-electron chi connectivity index (χ1n) is 3.71. The molecule has 12 heavy (non-hydrogen) atoms. The van der Waals surface area contributed by atoms with E-state index in [1.54, 1.807) is 7.11 Å². The maximum atomic E-state index is 5.87. The second-order valence-corrected chi connectivity index (χ2v) is 3.23. The van der Waals surface area contributed by atoms with E-state index in [1.165, 1.54) is 0 Å². The summed E-state index contributed by atoms with van der Waals surface area (Å²) in [4.78, 5) is 0. The van der Waals surface area contributed by atoms with Gasteiger partial charge in [-0.2, -0.15) is 0 Å². The van der Waals surface area contributed by atoms with Crippen molar-refractivity contribution in [2.24, 2.45) is 0 Å². The Morgan fingerprint density at radius 3 is 2.50 bits per heavy atom. The minimum absolute atomic E-state index is 0.483. The monoisotopic (exact) mass is 204 g/mol. The van der Waals surface area contributed by atoms with Crippen LogP contribution < -0.4 is 4.74 Å². The summed E-state index contributed by atoms with van der Waals surface area (Å²) in [6.45, 7) is 2.05. The molecule has 0 amide bonds. The molecule has 0 bridgehead atoms. The fraction of sp³-hybridized carbons (Fsp3) is 0.333. The number of hydrogen-bond acceptors (Lipinski definition) is 1. The lowest BCUT2D eigenvalue weighted by Gasteiger charge is -2.06. The zero-order valence-electron chi connectivity index (χ0n) is 7.03. The normalized spacial score (nSPS) is 10.0. The Hall–Kier alpha value is -0.400. The molecule has 66 valence electrons. The van der Waals surface area contributed by atoms with Gasteiger partial charge in [-0.15, -0.1) is 0 Å². The highest BCUT2D eigenvalue weighted by Crippen LogP contribution is 2.33. The largest absolute Gasteiger partial charge is 0.495 e. The molecule has 1 rings (SSSR count). The van der Waals surface area contributed by atoms with E-state index < -0.39 is 0 Å². The molecule has 1 aromatic carbocycles. The summed E-state index contributed by atoms with van der Waals surface area (Å²) in [6, 6.07) is 3.75. The number of rotatable bonds is 2. The average Bonchev–Trinajstić information content (AvgIpc) is 2.09. The molecular weight excluding hydrogens is 195 g/mol. The number of methoxy groups -OCH3 is 1. The highest BCUT2D eigenvalue weighted by Gasteiger charge is 2.06. The van der Waals surface area contributed by atoms with Gasteiger partial charge in [-0.1, -0.05) is 30.1 Å². The minimum atomic E-state index is 0.483. The predicted octanol–water partition coefficient (Wildman–Crippen LogP) is 3.56. The summed E-state index contributed by atoms with van der Waals surface area (Å²) in [7, 11) is 1.58. The summed E-state index contributed by atoms with van der Waals surface area (Å²) in [5, 5.41) is 1.03. The fourth-order valence-electron chi connectivity index (χ4n) is 0.970. The van der Waals surface area contributed by atoms with Gasteiger partial charge in [0, 0.05) is 0 Å². The number of halogens is 2. The van der Waals surface area contributed by atoms with Crippen molar-refractivity contribution in [2.75, 3.05) is 7.11 Å². The van der Waals surface area contributed by atoms with Crippen LogP contribution in [0.3, 0.4) is 0 Å². The van der Waals surface area contributed by atoms with Gasteiger partial charge in [-0.3, -0.25) is 0 Å². The maximum Gasteiger partial charge on any atom is 0.139 e. The summed E-state index contributed by atoms with van der Waals surface area (Å²) in [5.74, 6) is 0.640. The lowest BCUT2D eigenvalue weighted by Crippen LogP contribution is -1.88. The van der Waals surface area contributed by atoms with Crippen LogP contribution in [0.1, 0.15) is 12.5 Å². The second-order valence-electron chi connectivity index (χ2n) is 2.45. The van der Waals surface area contributed by atoms with Crippen LogP contribution in [0.5, 0.6) is 5.75 Å². The summed E-state index contributed by atoms with van der Waals surface area (Å²) in [6.07, 6.45) is 0.924. The van der Waals surface area contributed by atoms with E-state index >= 15 is 0 Å². The standard InChI is InChI=1S/C9H10Cl2O/c1-3-6-4-7(10)9(11)8(5-6)12-2/h4-5H,3H2,1-2H3. The first kappa shape index (κ1) is 9.69. The molecule has 0 heterocycles. The maximum absolute atomic E-state index is 5.87. The molecule has 1 nitrogen and oxygen atoms in total. The van der Waals surface area contributed by atoms with E-state index in [1.807, 2.05) is 12.1 Å². The van der Waals surface area contributed by atoms with Gasteiger partial charge in [0.1, 0.15) is 10.8 Å². The van der Waals surface area contributed by atoms with Gasteiger partial charge in [0.2, 0.25) is 0 Å². The quantitative estimate of drug-likeness (QED) is 0.717. The highest BCUT2D eigenvalue weighted by atomic mass is 35.5. The molecule has 0 fully saturated rings. The van der Waals surface area contributed by atoms with Gasteiger partial charge in [0.05, 0.1) is 12.1 Å². The third-order valence-electron chi connectivity index (χ3n) is 1.68. The van der Waals surface area contributed by atoms with Crippen molar-refractivity contribution in [3.8, 4) is 5.75 Å². The van der Waals surface area contributed by atoms with Gasteiger partial charge in [-0.25, -0.2) is 0 Å². The van der Waals surface area contributed by atoms with Gasteiger partial charge in [-0.05, 0) is 24.1 Å². The van der Waals surface area contributed by atoms with Crippen LogP contribution >= 0.6 is 23.2 Å². The minimum Gasteiger partial charge on any atom is -0.495 e. The predicted molar refractivity (Wildman–Crippen MR) is 52.4 cm³/mol. The van der Waals surface area contributed by atoms with E-state index in [9.17, 15) is 0 Å². The van der Waals surface area contributed by atoms with Crippen LogP contribution in [0.2, 0.25) is 10.0 Å². The average molecular weight is 205 g/mol. The first-order chi connectivity index (χ1) is 5.69. The Labute approximate surface area is 82.2 Å². The van der Waals surface area contributed by atoms with Gasteiger partial charge < -0.3 is 4.74 Å². The summed E-state index contributed by atoms with van der Waals surface area (Å²) >= 11 is 11.7. The molecule has 0 saturated heterocycles. The lowest BCUT2D eigenvalue weighted by atomic mass is 10.2. The zero-order chi connectivity index (χ0) is 9.14. The molecule has 0 aliphatic rings. The Balaban J connectivity index is 3.19. The Morgan fingerprint density at radius 1 is 1.33 bits per heavy atom. The van der Waals surface area contributed by atoms with Crippen molar-refractivity contribution in [3.63, 3.8) is 0 Å². The first-order valence-corrected chi connectivity index (χ1v) is 4.46. The zero-order valence-corrected chi connectivity index (χ0v) is 8.54. The van der Waals surface area contributed by atoms with Crippen molar-refractivity contribution < 1.29 is 4.74 Å². The van der Waals surface area contributed by atoms with Gasteiger partial charge >= 0.3 is 0 Å². The fourth-order valence-corrected chi connectivity index (χ4v) is 1.39. The Bertz CT molecular complexity index is 284. The molecule has 0 aromatic heterocycles. The molecule has 0 aliphatic heterocycles. The van der Waals surface area contributed by atoms with E-state index in [0.29, 0.717) is 15.8 Å². The number of benzene rings is 1. The molecule has 1 aromatic rings. The third-order valence-corrected chi connectivity index (χ3v) is 2.47. The molecule has 3 heteroatoms. The highest BCUT2D eigenvalue weighted by molar-refractivity contribution is 6.43. The summed E-state index contributed by atoms with van der Waals surface area (Å²) < 4.78 is 5.05. The van der Waals surface area contributed by atoms with E-state index in [-0.39, 0.29) is 0 Å². The number of ether oxygens (including phenoxy) is 1. The Kier molecular flexibility index (Phi) is 3.24. The molecule has 0 unspecified atom stereocenters. The SMILES string of the molecule is CCc1cc(Cl)c(Cl)c(OC)c1. The number of aryl methyl sites for hydroxylation is 1. The van der Waals surface area contributed by atoms with Crippen LogP contribution in [0.25, 0.3) is 0 Å². The lowest BCUT2D eigenvalue weighted by molar-refractivity contribution is 0.414. The van der Waals surface area contributed by atoms with E-state index in [2.05, 4.69) is 6.92 Å². The molecule has 0 spiro atoms. The van der Waals surface area contributed by atoms with Crippen LogP contribution in [-0.4, -0.2) is 7.11 Å². The topological polar surface area (TPSA) is 9.23 Å². The van der Waals surface area contributed by atoms with Crippen molar-refractivity contribution >= 4 is 23.2 Å². The van der Waals surface area contributed by atoms with Crippen molar-refractivity contribution in [1.29, 1.82) is 0 Å². The number of hydrogen-bond donors (Lipinski definition) is 0. The van der Waals surface area contributed by atoms with E-state index in [4.69, 9.17) is 27.9 Å². The van der Waals surface area contributed by atoms with Crippen LogP contribution in [-0.2, 0) is 6.42 Å². The van der Waals surface area contributed by atoms with Crippen LogP contribution in [0, 0.1) is 0 Å². The molecule has 0 atom stereocenters. The van der Waals surface area contributed by atoms with Crippen LogP contribution in [0.4, 0.5) is 0 Å². The third kappa shape index (κ3) is 1.85. The summed E-state index contributed by atoms with van der Waals surface area (Å²) in [5.41, 5.74) is 1.13. The Morgan fingerprint density at radius 2 is 2.00 bits per heavy atom. The molecular formula is C9H10Cl2O. The van der Waals surface area contributed by atoms with Gasteiger partial charge in [0.25, 0.3) is 0 Å². The molecule has 0 saturated carbocycles. The van der Waals surface area contributed by atoms with E-state index in [0.717, 1.165) is 12.0 Å². The molecule has 0 N–H and O–H groups in total. The van der Waals surface area contributed by atoms with Crippen molar-refractivity contribution in [2.45, 2.75) is 13.3 Å². The van der Waals surface area contributed by atoms with Gasteiger partial charge in [0.15, 0.2) is 0 Å². The van der Waals surface area contributed by atoms with Crippen LogP contribution in [0.15, 0.2) is 12.1 Å². The smallest absolute Gasteiger partial charge is 0.139 e. The second kappa shape index (κ2) is 4.01. The van der Waals surface area contributed by atoms with Crippen molar-refractivity contribution in [3.05, 3.63) is 27.7 Å². The van der Waals surface area contributed by atoms with Crippen molar-refractivity contribution in [1.82, 2.24) is 0 Å². The molecule has 0 aliphatic carbocycles.